The minimum Gasteiger partial charge on any atom is -0.462 e. The van der Waals surface area contributed by atoms with Gasteiger partial charge in [0, 0.05) is 37.5 Å². The summed E-state index contributed by atoms with van der Waals surface area (Å²) in [5.74, 6) is -2.05. The Morgan fingerprint density at radius 2 is 1.74 bits per heavy atom. The second kappa shape index (κ2) is 8.71. The predicted octanol–water partition coefficient (Wildman–Crippen LogP) is 3.27. The van der Waals surface area contributed by atoms with E-state index in [2.05, 4.69) is 6.92 Å². The molecule has 8 heteroatoms. The first-order valence-electron chi connectivity index (χ1n) is 12.3. The Hall–Kier alpha value is -2.77. The standard InChI is InChI=1S/C27H34O8/c1-15(28)33-14-23(32)27(35-17(3)30)11-9-21-20-7-6-18-12-19(31)8-10-25(18,4)24(20)22(34-16(2)29)13-26(21,27)5/h8,10,12,20-22,24H,6-7,9,11,13-14H2,1-5H3/t20-,21-,22-,24+,25+,26+,27-/m1/s1. The number of allylic oxidation sites excluding steroid dienone is 4. The summed E-state index contributed by atoms with van der Waals surface area (Å²) in [7, 11) is 0. The molecule has 0 spiro atoms. The molecule has 0 unspecified atom stereocenters. The Labute approximate surface area is 205 Å². The molecule has 0 aromatic rings. The van der Waals surface area contributed by atoms with Crippen LogP contribution in [0.25, 0.3) is 0 Å². The van der Waals surface area contributed by atoms with E-state index in [0.717, 1.165) is 18.4 Å². The number of hydrogen-bond acceptors (Lipinski definition) is 8. The van der Waals surface area contributed by atoms with Gasteiger partial charge in [0.25, 0.3) is 0 Å². The number of Topliss-reactive ketones (excluding diaryl/α,β-unsaturated/α-hetero) is 1. The van der Waals surface area contributed by atoms with Crippen LogP contribution >= 0.6 is 0 Å². The van der Waals surface area contributed by atoms with Gasteiger partial charge in [0.1, 0.15) is 6.10 Å². The molecule has 3 fully saturated rings. The van der Waals surface area contributed by atoms with E-state index in [-0.39, 0.29) is 23.5 Å². The normalized spacial score (nSPS) is 39.5. The molecule has 0 aromatic heterocycles. The summed E-state index contributed by atoms with van der Waals surface area (Å²) in [4.78, 5) is 61.6. The molecule has 4 rings (SSSR count). The first-order valence-corrected chi connectivity index (χ1v) is 12.3. The average Bonchev–Trinajstić information content (AvgIpc) is 3.04. The molecule has 0 radical (unpaired) electrons. The summed E-state index contributed by atoms with van der Waals surface area (Å²) >= 11 is 0. The van der Waals surface area contributed by atoms with Gasteiger partial charge in [-0.1, -0.05) is 25.5 Å². The number of esters is 3. The third kappa shape index (κ3) is 3.95. The van der Waals surface area contributed by atoms with Gasteiger partial charge in [-0.25, -0.2) is 0 Å². The lowest BCUT2D eigenvalue weighted by molar-refractivity contribution is -0.205. The fraction of sp³-hybridized carbons (Fsp3) is 0.667. The van der Waals surface area contributed by atoms with Crippen LogP contribution < -0.4 is 0 Å². The number of ketones is 2. The van der Waals surface area contributed by atoms with E-state index < -0.39 is 52.8 Å². The maximum atomic E-state index is 13.6. The van der Waals surface area contributed by atoms with Crippen molar-refractivity contribution in [2.75, 3.05) is 6.61 Å². The number of rotatable bonds is 5. The van der Waals surface area contributed by atoms with Crippen molar-refractivity contribution in [2.24, 2.45) is 28.6 Å². The Morgan fingerprint density at radius 3 is 2.37 bits per heavy atom. The van der Waals surface area contributed by atoms with Crippen LogP contribution in [0.1, 0.15) is 66.7 Å². The topological polar surface area (TPSA) is 113 Å². The van der Waals surface area contributed by atoms with E-state index in [4.69, 9.17) is 14.2 Å². The Kier molecular flexibility index (Phi) is 6.31. The lowest BCUT2D eigenvalue weighted by atomic mass is 9.46. The lowest BCUT2D eigenvalue weighted by Gasteiger charge is -2.60. The monoisotopic (exact) mass is 486 g/mol. The first-order chi connectivity index (χ1) is 16.3. The highest BCUT2D eigenvalue weighted by Crippen LogP contribution is 2.68. The lowest BCUT2D eigenvalue weighted by Crippen LogP contribution is -2.63. The molecular weight excluding hydrogens is 452 g/mol. The second-order valence-electron chi connectivity index (χ2n) is 11.0. The van der Waals surface area contributed by atoms with Crippen LogP contribution in [0.2, 0.25) is 0 Å². The summed E-state index contributed by atoms with van der Waals surface area (Å²) in [6.45, 7) is 7.42. The molecule has 3 saturated carbocycles. The Morgan fingerprint density at radius 1 is 1.03 bits per heavy atom. The summed E-state index contributed by atoms with van der Waals surface area (Å²) in [6, 6.07) is 0. The van der Waals surface area contributed by atoms with Gasteiger partial charge in [-0.05, 0) is 56.1 Å². The van der Waals surface area contributed by atoms with Crippen LogP contribution in [0.5, 0.6) is 0 Å². The first kappa shape index (κ1) is 25.3. The van der Waals surface area contributed by atoms with Crippen LogP contribution in [0.15, 0.2) is 23.8 Å². The molecule has 0 bridgehead atoms. The molecule has 0 amide bonds. The Balaban J connectivity index is 1.80. The van der Waals surface area contributed by atoms with Gasteiger partial charge in [0.2, 0.25) is 5.78 Å². The maximum absolute atomic E-state index is 13.6. The van der Waals surface area contributed by atoms with E-state index in [0.29, 0.717) is 19.3 Å². The zero-order valence-electron chi connectivity index (χ0n) is 21.1. The van der Waals surface area contributed by atoms with Crippen molar-refractivity contribution in [3.8, 4) is 0 Å². The summed E-state index contributed by atoms with van der Waals surface area (Å²) in [5, 5.41) is 0. The molecule has 0 aliphatic heterocycles. The molecule has 8 nitrogen and oxygen atoms in total. The zero-order chi connectivity index (χ0) is 25.8. The van der Waals surface area contributed by atoms with E-state index in [1.807, 2.05) is 13.0 Å². The van der Waals surface area contributed by atoms with E-state index in [9.17, 15) is 24.0 Å². The van der Waals surface area contributed by atoms with Crippen LogP contribution in [-0.4, -0.2) is 47.8 Å². The third-order valence-electron chi connectivity index (χ3n) is 9.09. The van der Waals surface area contributed by atoms with Crippen molar-refractivity contribution < 1.29 is 38.2 Å². The molecule has 0 N–H and O–H groups in total. The van der Waals surface area contributed by atoms with Crippen LogP contribution in [-0.2, 0) is 38.2 Å². The quantitative estimate of drug-likeness (QED) is 0.430. The van der Waals surface area contributed by atoms with Crippen molar-refractivity contribution >= 4 is 29.5 Å². The fourth-order valence-corrected chi connectivity index (χ4v) is 7.81. The number of hydrogen-bond donors (Lipinski definition) is 0. The fourth-order valence-electron chi connectivity index (χ4n) is 7.81. The molecule has 190 valence electrons. The van der Waals surface area contributed by atoms with Crippen LogP contribution in [0.4, 0.5) is 0 Å². The zero-order valence-corrected chi connectivity index (χ0v) is 21.1. The van der Waals surface area contributed by atoms with E-state index in [1.54, 1.807) is 12.2 Å². The van der Waals surface area contributed by atoms with Gasteiger partial charge in [0.05, 0.1) is 0 Å². The molecule has 0 heterocycles. The third-order valence-corrected chi connectivity index (χ3v) is 9.09. The largest absolute Gasteiger partial charge is 0.462 e. The second-order valence-corrected chi connectivity index (χ2v) is 11.0. The van der Waals surface area contributed by atoms with Crippen molar-refractivity contribution in [3.63, 3.8) is 0 Å². The van der Waals surface area contributed by atoms with Gasteiger partial charge in [0.15, 0.2) is 18.0 Å². The minimum atomic E-state index is -1.47. The molecule has 0 saturated heterocycles. The number of carbonyl (C=O) groups excluding carboxylic acids is 5. The van der Waals surface area contributed by atoms with Crippen molar-refractivity contribution in [1.82, 2.24) is 0 Å². The molecule has 0 aromatic carbocycles. The molecule has 4 aliphatic rings. The van der Waals surface area contributed by atoms with Crippen molar-refractivity contribution in [3.05, 3.63) is 23.8 Å². The maximum Gasteiger partial charge on any atom is 0.303 e. The predicted molar refractivity (Wildman–Crippen MR) is 124 cm³/mol. The summed E-state index contributed by atoms with van der Waals surface area (Å²) < 4.78 is 16.8. The van der Waals surface area contributed by atoms with Crippen molar-refractivity contribution in [1.29, 1.82) is 0 Å². The van der Waals surface area contributed by atoms with Gasteiger partial charge < -0.3 is 14.2 Å². The number of fused-ring (bicyclic) bond motifs is 5. The van der Waals surface area contributed by atoms with Gasteiger partial charge >= 0.3 is 17.9 Å². The minimum absolute atomic E-state index is 0.0179. The summed E-state index contributed by atoms with van der Waals surface area (Å²) in [6.07, 6.45) is 7.50. The Bertz CT molecular complexity index is 1040. The number of carbonyl (C=O) groups is 5. The highest BCUT2D eigenvalue weighted by Gasteiger charge is 2.71. The van der Waals surface area contributed by atoms with Gasteiger partial charge in [-0.15, -0.1) is 0 Å². The summed E-state index contributed by atoms with van der Waals surface area (Å²) in [5.41, 5.74) is -1.70. The van der Waals surface area contributed by atoms with E-state index >= 15 is 0 Å². The highest BCUT2D eigenvalue weighted by atomic mass is 16.6. The van der Waals surface area contributed by atoms with Crippen LogP contribution in [0.3, 0.4) is 0 Å². The molecule has 4 aliphatic carbocycles. The molecular formula is C27H34O8. The van der Waals surface area contributed by atoms with E-state index in [1.165, 1.54) is 20.8 Å². The number of ether oxygens (including phenoxy) is 3. The van der Waals surface area contributed by atoms with Crippen LogP contribution in [0, 0.1) is 28.6 Å². The average molecular weight is 487 g/mol. The highest BCUT2D eigenvalue weighted by molar-refractivity contribution is 6.01. The molecule has 7 atom stereocenters. The molecule has 35 heavy (non-hydrogen) atoms. The van der Waals surface area contributed by atoms with Gasteiger partial charge in [-0.2, -0.15) is 0 Å². The smallest absolute Gasteiger partial charge is 0.303 e. The van der Waals surface area contributed by atoms with Gasteiger partial charge in [-0.3, -0.25) is 24.0 Å². The SMILES string of the molecule is CC(=O)OCC(=O)[C@]1(OC(C)=O)CC[C@@H]2[C@H]3CCC4=CC(=O)C=C[C@]4(C)[C@@H]3[C@H](OC(C)=O)C[C@@]21C. The van der Waals surface area contributed by atoms with Crippen molar-refractivity contribution in [2.45, 2.75) is 78.4 Å².